The zero-order chi connectivity index (χ0) is 19.7. The van der Waals surface area contributed by atoms with E-state index in [0.717, 1.165) is 28.2 Å². The van der Waals surface area contributed by atoms with Crippen LogP contribution in [-0.2, 0) is 24.3 Å². The van der Waals surface area contributed by atoms with Crippen LogP contribution in [0.3, 0.4) is 0 Å². The second-order valence-corrected chi connectivity index (χ2v) is 7.33. The molecule has 3 heterocycles. The average Bonchev–Trinajstić information content (AvgIpc) is 3.29. The van der Waals surface area contributed by atoms with Crippen LogP contribution < -0.4 is 0 Å². The predicted octanol–water partition coefficient (Wildman–Crippen LogP) is 2.28. The summed E-state index contributed by atoms with van der Waals surface area (Å²) in [5.41, 5.74) is 5.53. The van der Waals surface area contributed by atoms with E-state index in [-0.39, 0.29) is 5.91 Å². The fraction of sp³-hybridized carbons (Fsp3) is 0.381. The minimum Gasteiger partial charge on any atom is -0.382 e. The molecule has 1 unspecified atom stereocenters. The van der Waals surface area contributed by atoms with Crippen molar-refractivity contribution in [3.8, 4) is 0 Å². The number of nitrogens with one attached hydrogen (secondary N) is 1. The first-order valence-corrected chi connectivity index (χ1v) is 9.61. The zero-order valence-corrected chi connectivity index (χ0v) is 16.2. The van der Waals surface area contributed by atoms with Crippen molar-refractivity contribution in [2.45, 2.75) is 45.9 Å². The molecule has 1 amide bonds. The number of carbonyl (C=O) groups is 1. The maximum absolute atomic E-state index is 12.7. The smallest absolute Gasteiger partial charge is 0.223 e. The van der Waals surface area contributed by atoms with Gasteiger partial charge in [-0.1, -0.05) is 30.3 Å². The van der Waals surface area contributed by atoms with Crippen LogP contribution in [0, 0.1) is 13.8 Å². The first-order valence-electron chi connectivity index (χ1n) is 9.61. The lowest BCUT2D eigenvalue weighted by atomic mass is 10.1. The van der Waals surface area contributed by atoms with Gasteiger partial charge in [0.25, 0.3) is 0 Å². The van der Waals surface area contributed by atoms with Gasteiger partial charge in [0.05, 0.1) is 30.2 Å². The van der Waals surface area contributed by atoms with Gasteiger partial charge in [0.15, 0.2) is 0 Å². The number of hydrogen-bond donors (Lipinski definition) is 2. The Balaban J connectivity index is 1.41. The number of H-pyrrole nitrogens is 1. The van der Waals surface area contributed by atoms with Crippen molar-refractivity contribution in [1.29, 1.82) is 0 Å². The molecular formula is C21H25N5O2. The lowest BCUT2D eigenvalue weighted by Crippen LogP contribution is -2.38. The van der Waals surface area contributed by atoms with E-state index in [9.17, 15) is 9.90 Å². The quantitative estimate of drug-likeness (QED) is 0.712. The Labute approximate surface area is 164 Å². The first-order chi connectivity index (χ1) is 13.5. The largest absolute Gasteiger partial charge is 0.382 e. The van der Waals surface area contributed by atoms with Gasteiger partial charge in [0.2, 0.25) is 5.91 Å². The van der Waals surface area contributed by atoms with Crippen LogP contribution in [0.5, 0.6) is 0 Å². The zero-order valence-electron chi connectivity index (χ0n) is 16.2. The third-order valence-corrected chi connectivity index (χ3v) is 5.49. The van der Waals surface area contributed by atoms with E-state index >= 15 is 0 Å². The molecule has 1 aromatic carbocycles. The van der Waals surface area contributed by atoms with Crippen molar-refractivity contribution in [3.63, 3.8) is 0 Å². The monoisotopic (exact) mass is 379 g/mol. The number of hydrogen-bond acceptors (Lipinski definition) is 4. The van der Waals surface area contributed by atoms with Gasteiger partial charge in [-0.2, -0.15) is 10.2 Å². The van der Waals surface area contributed by atoms with Gasteiger partial charge in [-0.15, -0.1) is 0 Å². The molecule has 0 saturated carbocycles. The second kappa shape index (κ2) is 7.59. The molecule has 2 N–H and O–H groups in total. The molecule has 28 heavy (non-hydrogen) atoms. The Bertz CT molecular complexity index is 976. The van der Waals surface area contributed by atoms with Crippen molar-refractivity contribution in [2.75, 3.05) is 6.54 Å². The van der Waals surface area contributed by atoms with E-state index in [1.54, 1.807) is 0 Å². The molecule has 1 atom stereocenters. The summed E-state index contributed by atoms with van der Waals surface area (Å²) in [4.78, 5) is 14.5. The molecule has 0 radical (unpaired) electrons. The molecule has 0 bridgehead atoms. The highest BCUT2D eigenvalue weighted by atomic mass is 16.3. The van der Waals surface area contributed by atoms with Crippen LogP contribution in [0.15, 0.2) is 36.4 Å². The van der Waals surface area contributed by atoms with E-state index in [4.69, 9.17) is 0 Å². The number of aromatic nitrogens is 4. The summed E-state index contributed by atoms with van der Waals surface area (Å²) in [6, 6.07) is 11.4. The Morgan fingerprint density at radius 1 is 1.25 bits per heavy atom. The summed E-state index contributed by atoms with van der Waals surface area (Å²) in [6.45, 7) is 5.81. The Kier molecular flexibility index (Phi) is 5.00. The fourth-order valence-electron chi connectivity index (χ4n) is 3.60. The van der Waals surface area contributed by atoms with Gasteiger partial charge in [-0.05, 0) is 31.0 Å². The molecule has 3 aromatic rings. The van der Waals surface area contributed by atoms with Crippen LogP contribution in [0.1, 0.15) is 46.4 Å². The highest BCUT2D eigenvalue weighted by molar-refractivity contribution is 5.76. The number of aromatic amines is 1. The Morgan fingerprint density at radius 3 is 2.75 bits per heavy atom. The number of benzene rings is 1. The summed E-state index contributed by atoms with van der Waals surface area (Å²) in [5, 5.41) is 22.4. The Morgan fingerprint density at radius 2 is 2.04 bits per heavy atom. The number of aryl methyl sites for hydroxylation is 2. The minimum atomic E-state index is -0.755. The molecular weight excluding hydrogens is 354 g/mol. The lowest BCUT2D eigenvalue weighted by molar-refractivity contribution is -0.132. The van der Waals surface area contributed by atoms with E-state index in [1.807, 2.05) is 59.8 Å². The molecule has 7 nitrogen and oxygen atoms in total. The summed E-state index contributed by atoms with van der Waals surface area (Å²) < 4.78 is 1.90. The van der Waals surface area contributed by atoms with Crippen LogP contribution in [0.2, 0.25) is 0 Å². The SMILES string of the molecule is Cc1[nH]nc(CCC(=O)N2CCn3nc(C(O)c4ccccc4)cc3C2)c1C. The molecule has 2 aromatic heterocycles. The van der Waals surface area contributed by atoms with Crippen LogP contribution in [0.4, 0.5) is 0 Å². The molecule has 1 aliphatic rings. The molecule has 4 rings (SSSR count). The maximum atomic E-state index is 12.7. The van der Waals surface area contributed by atoms with Crippen molar-refractivity contribution in [2.24, 2.45) is 0 Å². The van der Waals surface area contributed by atoms with Crippen LogP contribution in [-0.4, -0.2) is 42.4 Å². The highest BCUT2D eigenvalue weighted by Crippen LogP contribution is 2.24. The van der Waals surface area contributed by atoms with Crippen LogP contribution >= 0.6 is 0 Å². The lowest BCUT2D eigenvalue weighted by Gasteiger charge is -2.27. The predicted molar refractivity (Wildman–Crippen MR) is 105 cm³/mol. The summed E-state index contributed by atoms with van der Waals surface area (Å²) in [7, 11) is 0. The van der Waals surface area contributed by atoms with Gasteiger partial charge >= 0.3 is 0 Å². The topological polar surface area (TPSA) is 87.0 Å². The molecule has 7 heteroatoms. The number of rotatable bonds is 5. The third-order valence-electron chi connectivity index (χ3n) is 5.49. The van der Waals surface area contributed by atoms with E-state index in [2.05, 4.69) is 15.3 Å². The van der Waals surface area contributed by atoms with Crippen molar-refractivity contribution in [3.05, 3.63) is 70.3 Å². The fourth-order valence-corrected chi connectivity index (χ4v) is 3.60. The van der Waals surface area contributed by atoms with Gasteiger partial charge in [-0.3, -0.25) is 14.6 Å². The van der Waals surface area contributed by atoms with E-state index in [0.29, 0.717) is 38.2 Å². The molecule has 1 aliphatic heterocycles. The molecule has 0 aliphatic carbocycles. The average molecular weight is 379 g/mol. The number of amides is 1. The van der Waals surface area contributed by atoms with Crippen molar-refractivity contribution in [1.82, 2.24) is 24.9 Å². The summed E-state index contributed by atoms with van der Waals surface area (Å²) in [5.74, 6) is 0.123. The van der Waals surface area contributed by atoms with Crippen molar-refractivity contribution < 1.29 is 9.90 Å². The van der Waals surface area contributed by atoms with Gasteiger partial charge in [-0.25, -0.2) is 0 Å². The van der Waals surface area contributed by atoms with Crippen molar-refractivity contribution >= 4 is 5.91 Å². The molecule has 0 spiro atoms. The number of fused-ring (bicyclic) bond motifs is 1. The van der Waals surface area contributed by atoms with Gasteiger partial charge in [0, 0.05) is 25.1 Å². The maximum Gasteiger partial charge on any atom is 0.223 e. The molecule has 146 valence electrons. The van der Waals surface area contributed by atoms with Crippen LogP contribution in [0.25, 0.3) is 0 Å². The Hall–Kier alpha value is -2.93. The number of carbonyl (C=O) groups excluding carboxylic acids is 1. The molecule has 0 saturated heterocycles. The normalized spacial score (nSPS) is 14.8. The number of aliphatic hydroxyl groups is 1. The van der Waals surface area contributed by atoms with Gasteiger partial charge in [0.1, 0.15) is 6.10 Å². The van der Waals surface area contributed by atoms with E-state index < -0.39 is 6.10 Å². The number of nitrogens with zero attached hydrogens (tertiary/aromatic N) is 4. The van der Waals surface area contributed by atoms with E-state index in [1.165, 1.54) is 0 Å². The molecule has 0 fully saturated rings. The number of aliphatic hydroxyl groups excluding tert-OH is 1. The van der Waals surface area contributed by atoms with Gasteiger partial charge < -0.3 is 10.0 Å². The summed E-state index contributed by atoms with van der Waals surface area (Å²) in [6.07, 6.45) is 0.330. The highest BCUT2D eigenvalue weighted by Gasteiger charge is 2.24. The first kappa shape index (κ1) is 18.4. The third kappa shape index (κ3) is 3.57. The minimum absolute atomic E-state index is 0.123. The standard InChI is InChI=1S/C21H25N5O2/c1-14-15(2)22-23-18(14)8-9-20(27)25-10-11-26-17(13-25)12-19(24-26)21(28)16-6-4-3-5-7-16/h3-7,12,21,28H,8-11,13H2,1-2H3,(H,22,23). The summed E-state index contributed by atoms with van der Waals surface area (Å²) >= 11 is 0. The second-order valence-electron chi connectivity index (χ2n) is 7.33.